The summed E-state index contributed by atoms with van der Waals surface area (Å²) in [6.07, 6.45) is 0.519. The lowest BCUT2D eigenvalue weighted by molar-refractivity contribution is -0.137. The van der Waals surface area contributed by atoms with Gasteiger partial charge >= 0.3 is 6.18 Å². The maximum absolute atomic E-state index is 13.5. The molecule has 0 aliphatic heterocycles. The molecule has 4 aromatic rings. The summed E-state index contributed by atoms with van der Waals surface area (Å²) in [5.74, 6) is -0.541. The summed E-state index contributed by atoms with van der Waals surface area (Å²) in [6, 6.07) is 12.0. The van der Waals surface area contributed by atoms with Crippen molar-refractivity contribution >= 4 is 17.3 Å². The van der Waals surface area contributed by atoms with Gasteiger partial charge in [-0.1, -0.05) is 11.3 Å². The van der Waals surface area contributed by atoms with Gasteiger partial charge in [0, 0.05) is 43.7 Å². The summed E-state index contributed by atoms with van der Waals surface area (Å²) in [5.41, 5.74) is 2.85. The number of nitrogens with one attached hydrogen (secondary N) is 1. The number of anilines is 2. The molecule has 0 unspecified atom stereocenters. The van der Waals surface area contributed by atoms with Crippen LogP contribution in [0.4, 0.5) is 24.5 Å². The molecular formula is C27H28F3N7O. The Hall–Kier alpha value is -4.25. The summed E-state index contributed by atoms with van der Waals surface area (Å²) in [5, 5.41) is 11.1. The van der Waals surface area contributed by atoms with Crippen molar-refractivity contribution < 1.29 is 18.0 Å². The van der Waals surface area contributed by atoms with E-state index >= 15 is 0 Å². The highest BCUT2D eigenvalue weighted by Crippen LogP contribution is 2.35. The number of aromatic nitrogens is 4. The lowest BCUT2D eigenvalue weighted by Gasteiger charge is -2.25. The van der Waals surface area contributed by atoms with Gasteiger partial charge in [-0.15, -0.1) is 5.10 Å². The van der Waals surface area contributed by atoms with Gasteiger partial charge in [-0.3, -0.25) is 9.78 Å². The highest BCUT2D eigenvalue weighted by atomic mass is 19.4. The van der Waals surface area contributed by atoms with Crippen LogP contribution in [0, 0.1) is 6.92 Å². The van der Waals surface area contributed by atoms with E-state index in [2.05, 4.69) is 20.6 Å². The van der Waals surface area contributed by atoms with Gasteiger partial charge in [-0.05, 0) is 69.0 Å². The van der Waals surface area contributed by atoms with E-state index in [9.17, 15) is 18.0 Å². The number of benzene rings is 2. The van der Waals surface area contributed by atoms with Gasteiger partial charge in [0.1, 0.15) is 5.69 Å². The van der Waals surface area contributed by atoms with Gasteiger partial charge in [0.05, 0.1) is 28.8 Å². The van der Waals surface area contributed by atoms with E-state index in [0.717, 1.165) is 23.3 Å². The van der Waals surface area contributed by atoms with Crippen LogP contribution in [-0.2, 0) is 6.18 Å². The van der Waals surface area contributed by atoms with Crippen LogP contribution in [0.5, 0.6) is 0 Å². The zero-order chi connectivity index (χ0) is 27.4. The highest BCUT2D eigenvalue weighted by Gasteiger charge is 2.31. The van der Waals surface area contributed by atoms with Crippen molar-refractivity contribution in [2.45, 2.75) is 13.1 Å². The van der Waals surface area contributed by atoms with Gasteiger partial charge in [-0.25, -0.2) is 4.68 Å². The first-order valence-corrected chi connectivity index (χ1v) is 11.8. The molecule has 0 atom stereocenters. The Balaban J connectivity index is 1.64. The minimum absolute atomic E-state index is 0.0767. The fraction of sp³-hybridized carbons (Fsp3) is 0.259. The molecule has 0 aliphatic carbocycles. The van der Waals surface area contributed by atoms with E-state index in [1.807, 2.05) is 36.9 Å². The number of pyridine rings is 1. The smallest absolute Gasteiger partial charge is 0.372 e. The van der Waals surface area contributed by atoms with Crippen molar-refractivity contribution in [1.29, 1.82) is 0 Å². The monoisotopic (exact) mass is 523 g/mol. The van der Waals surface area contributed by atoms with Crippen LogP contribution in [0.15, 0.2) is 67.1 Å². The number of likely N-dealkylation sites (N-methyl/N-ethyl adjacent to an activating group) is 2. The molecule has 0 aliphatic rings. The maximum Gasteiger partial charge on any atom is 0.416 e. The fourth-order valence-electron chi connectivity index (χ4n) is 3.84. The Bertz CT molecular complexity index is 1420. The third kappa shape index (κ3) is 6.17. The second-order valence-corrected chi connectivity index (χ2v) is 9.20. The lowest BCUT2D eigenvalue weighted by Crippen LogP contribution is -2.29. The van der Waals surface area contributed by atoms with Crippen LogP contribution in [0.1, 0.15) is 21.5 Å². The van der Waals surface area contributed by atoms with Gasteiger partial charge in [0.15, 0.2) is 0 Å². The van der Waals surface area contributed by atoms with E-state index in [-0.39, 0.29) is 11.3 Å². The molecule has 0 spiro atoms. The Kier molecular flexibility index (Phi) is 7.77. The largest absolute Gasteiger partial charge is 0.416 e. The zero-order valence-electron chi connectivity index (χ0n) is 21.5. The van der Waals surface area contributed by atoms with Crippen LogP contribution in [-0.4, -0.2) is 65.0 Å². The quantitative estimate of drug-likeness (QED) is 0.354. The summed E-state index contributed by atoms with van der Waals surface area (Å²) in [4.78, 5) is 21.1. The van der Waals surface area contributed by atoms with Crippen molar-refractivity contribution in [3.05, 3.63) is 83.8 Å². The third-order valence-electron chi connectivity index (χ3n) is 6.03. The third-order valence-corrected chi connectivity index (χ3v) is 6.03. The number of nitrogens with zero attached hydrogens (tertiary/aromatic N) is 6. The number of aryl methyl sites for hydroxylation is 1. The molecule has 0 saturated carbocycles. The van der Waals surface area contributed by atoms with Gasteiger partial charge in [0.2, 0.25) is 0 Å². The lowest BCUT2D eigenvalue weighted by atomic mass is 10.1. The molecule has 198 valence electrons. The van der Waals surface area contributed by atoms with E-state index < -0.39 is 17.6 Å². The number of carbonyl (C=O) groups excluding carboxylic acids is 1. The number of rotatable bonds is 8. The zero-order valence-corrected chi connectivity index (χ0v) is 21.5. The molecule has 4 rings (SSSR count). The number of hydrogen-bond acceptors (Lipinski definition) is 6. The van der Waals surface area contributed by atoms with Crippen molar-refractivity contribution in [2.24, 2.45) is 0 Å². The second kappa shape index (κ2) is 11.0. The van der Waals surface area contributed by atoms with E-state index in [1.165, 1.54) is 6.07 Å². The van der Waals surface area contributed by atoms with Crippen molar-refractivity contribution in [1.82, 2.24) is 24.9 Å². The predicted octanol–water partition coefficient (Wildman–Crippen LogP) is 4.91. The molecule has 0 radical (unpaired) electrons. The van der Waals surface area contributed by atoms with Gasteiger partial charge < -0.3 is 15.1 Å². The van der Waals surface area contributed by atoms with Gasteiger partial charge in [0.25, 0.3) is 5.91 Å². The molecule has 0 fully saturated rings. The van der Waals surface area contributed by atoms with Gasteiger partial charge in [-0.2, -0.15) is 13.2 Å². The Morgan fingerprint density at radius 3 is 2.53 bits per heavy atom. The van der Waals surface area contributed by atoms with Crippen LogP contribution in [0.3, 0.4) is 0 Å². The molecule has 11 heteroatoms. The summed E-state index contributed by atoms with van der Waals surface area (Å²) < 4.78 is 42.0. The standard InChI is InChI=1S/C27H28F3N7O/c1-18-7-8-19(14-25(18)37-17-23(33-34-37)20-6-5-11-31-16-20)26(38)32-22-15-21(27(28,29)30)9-10-24(22)36(4)13-12-35(2)3/h5-11,14-17H,12-13H2,1-4H3,(H,32,38). The molecule has 0 bridgehead atoms. The Labute approximate surface area is 218 Å². The molecule has 1 amide bonds. The topological polar surface area (TPSA) is 79.2 Å². The highest BCUT2D eigenvalue weighted by molar-refractivity contribution is 6.06. The number of halogens is 3. The van der Waals surface area contributed by atoms with Crippen LogP contribution in [0.2, 0.25) is 0 Å². The van der Waals surface area contributed by atoms with Crippen molar-refractivity contribution in [3.8, 4) is 16.9 Å². The molecule has 2 aromatic carbocycles. The van der Waals surface area contributed by atoms with Crippen LogP contribution >= 0.6 is 0 Å². The minimum atomic E-state index is -4.55. The number of amides is 1. The first kappa shape index (κ1) is 26.8. The van der Waals surface area contributed by atoms with Crippen molar-refractivity contribution in [2.75, 3.05) is 44.4 Å². The maximum atomic E-state index is 13.5. The summed E-state index contributed by atoms with van der Waals surface area (Å²) in [6.45, 7) is 3.11. The number of hydrogen-bond donors (Lipinski definition) is 1. The number of carbonyl (C=O) groups is 1. The second-order valence-electron chi connectivity index (χ2n) is 9.20. The fourth-order valence-corrected chi connectivity index (χ4v) is 3.84. The molecule has 1 N–H and O–H groups in total. The SMILES string of the molecule is Cc1ccc(C(=O)Nc2cc(C(F)(F)F)ccc2N(C)CCN(C)C)cc1-n1cc(-c2cccnc2)nn1. The minimum Gasteiger partial charge on any atom is -0.372 e. The molecule has 2 aromatic heterocycles. The summed E-state index contributed by atoms with van der Waals surface area (Å²) in [7, 11) is 5.59. The number of alkyl halides is 3. The predicted molar refractivity (Wildman–Crippen MR) is 141 cm³/mol. The summed E-state index contributed by atoms with van der Waals surface area (Å²) >= 11 is 0. The molecule has 8 nitrogen and oxygen atoms in total. The van der Waals surface area contributed by atoms with E-state index in [0.29, 0.717) is 30.2 Å². The van der Waals surface area contributed by atoms with Crippen molar-refractivity contribution in [3.63, 3.8) is 0 Å². The molecule has 0 saturated heterocycles. The first-order chi connectivity index (χ1) is 18.0. The van der Waals surface area contributed by atoms with E-state index in [1.54, 1.807) is 54.6 Å². The average molecular weight is 524 g/mol. The Morgan fingerprint density at radius 2 is 1.84 bits per heavy atom. The van der Waals surface area contributed by atoms with Crippen LogP contribution < -0.4 is 10.2 Å². The molecule has 2 heterocycles. The average Bonchev–Trinajstić information content (AvgIpc) is 3.37. The van der Waals surface area contributed by atoms with Crippen LogP contribution in [0.25, 0.3) is 16.9 Å². The molecule has 38 heavy (non-hydrogen) atoms. The Morgan fingerprint density at radius 1 is 1.05 bits per heavy atom. The van der Waals surface area contributed by atoms with E-state index in [4.69, 9.17) is 0 Å². The normalized spacial score (nSPS) is 11.6. The first-order valence-electron chi connectivity index (χ1n) is 11.8. The molecular weight excluding hydrogens is 495 g/mol.